The molecule has 2 aromatic carbocycles. The summed E-state index contributed by atoms with van der Waals surface area (Å²) in [5.41, 5.74) is 7.84. The van der Waals surface area contributed by atoms with E-state index in [1.807, 2.05) is 36.4 Å². The quantitative estimate of drug-likeness (QED) is 0.778. The third-order valence-electron chi connectivity index (χ3n) is 2.99. The molecular weight excluding hydrogens is 365 g/mol. The van der Waals surface area contributed by atoms with Crippen molar-refractivity contribution in [1.82, 2.24) is 0 Å². The van der Waals surface area contributed by atoms with Gasteiger partial charge in [-0.1, -0.05) is 6.07 Å². The summed E-state index contributed by atoms with van der Waals surface area (Å²) >= 11 is 2.27. The molecule has 0 amide bonds. The van der Waals surface area contributed by atoms with Crippen LogP contribution in [-0.2, 0) is 13.0 Å². The summed E-state index contributed by atoms with van der Waals surface area (Å²) < 4.78 is 12.4. The number of hydrogen-bond acceptors (Lipinski definition) is 3. The molecule has 2 N–H and O–H groups in total. The Bertz CT molecular complexity index is 555. The van der Waals surface area contributed by atoms with E-state index in [1.54, 1.807) is 7.11 Å². The van der Waals surface area contributed by atoms with Gasteiger partial charge in [0, 0.05) is 9.13 Å². The molecule has 0 fully saturated rings. The minimum Gasteiger partial charge on any atom is -0.496 e. The molecular formula is C16H18INO2. The van der Waals surface area contributed by atoms with Crippen molar-refractivity contribution in [3.8, 4) is 11.5 Å². The molecule has 3 nitrogen and oxygen atoms in total. The highest BCUT2D eigenvalue weighted by atomic mass is 127. The van der Waals surface area contributed by atoms with Gasteiger partial charge in [0.25, 0.3) is 0 Å². The summed E-state index contributed by atoms with van der Waals surface area (Å²) in [6, 6.07) is 14.1. The van der Waals surface area contributed by atoms with Gasteiger partial charge in [-0.05, 0) is 77.5 Å². The first kappa shape index (κ1) is 15.1. The predicted molar refractivity (Wildman–Crippen MR) is 89.2 cm³/mol. The van der Waals surface area contributed by atoms with E-state index in [1.165, 1.54) is 9.13 Å². The maximum Gasteiger partial charge on any atom is 0.125 e. The van der Waals surface area contributed by atoms with E-state index in [0.29, 0.717) is 13.2 Å². The van der Waals surface area contributed by atoms with Gasteiger partial charge < -0.3 is 15.2 Å². The Morgan fingerprint density at radius 3 is 2.50 bits per heavy atom. The summed E-state index contributed by atoms with van der Waals surface area (Å²) in [4.78, 5) is 0. The zero-order chi connectivity index (χ0) is 14.4. The van der Waals surface area contributed by atoms with Crippen LogP contribution in [0.4, 0.5) is 0 Å². The normalized spacial score (nSPS) is 10.3. The zero-order valence-electron chi connectivity index (χ0n) is 11.4. The standard InChI is InChI=1S/C16H18INO2/c1-19-16-7-2-12(8-9-18)10-13(16)11-20-15-5-3-14(17)4-6-15/h2-7,10H,8-9,11,18H2,1H3. The lowest BCUT2D eigenvalue weighted by molar-refractivity contribution is 0.296. The van der Waals surface area contributed by atoms with Gasteiger partial charge >= 0.3 is 0 Å². The van der Waals surface area contributed by atoms with Crippen molar-refractivity contribution in [2.24, 2.45) is 5.73 Å². The van der Waals surface area contributed by atoms with Gasteiger partial charge in [-0.2, -0.15) is 0 Å². The van der Waals surface area contributed by atoms with Gasteiger partial charge in [-0.15, -0.1) is 0 Å². The summed E-state index contributed by atoms with van der Waals surface area (Å²) in [5, 5.41) is 0. The van der Waals surface area contributed by atoms with Crippen molar-refractivity contribution in [1.29, 1.82) is 0 Å². The van der Waals surface area contributed by atoms with Crippen LogP contribution < -0.4 is 15.2 Å². The topological polar surface area (TPSA) is 44.5 Å². The van der Waals surface area contributed by atoms with E-state index in [4.69, 9.17) is 15.2 Å². The van der Waals surface area contributed by atoms with Crippen LogP contribution in [0.15, 0.2) is 42.5 Å². The SMILES string of the molecule is COc1ccc(CCN)cc1COc1ccc(I)cc1. The number of nitrogens with two attached hydrogens (primary N) is 1. The Labute approximate surface area is 133 Å². The highest BCUT2D eigenvalue weighted by Gasteiger charge is 2.05. The highest BCUT2D eigenvalue weighted by Crippen LogP contribution is 2.22. The summed E-state index contributed by atoms with van der Waals surface area (Å²) in [6.07, 6.45) is 0.862. The molecule has 0 aliphatic heterocycles. The number of rotatable bonds is 6. The van der Waals surface area contributed by atoms with Crippen molar-refractivity contribution in [3.63, 3.8) is 0 Å². The molecule has 0 bridgehead atoms. The average Bonchev–Trinajstić information content (AvgIpc) is 2.47. The fourth-order valence-electron chi connectivity index (χ4n) is 1.96. The number of methoxy groups -OCH3 is 1. The molecule has 0 unspecified atom stereocenters. The average molecular weight is 383 g/mol. The van der Waals surface area contributed by atoms with Gasteiger partial charge in [-0.3, -0.25) is 0 Å². The van der Waals surface area contributed by atoms with Gasteiger partial charge in [0.05, 0.1) is 7.11 Å². The molecule has 0 saturated heterocycles. The lowest BCUT2D eigenvalue weighted by atomic mass is 10.1. The molecule has 106 valence electrons. The van der Waals surface area contributed by atoms with Crippen molar-refractivity contribution in [3.05, 3.63) is 57.2 Å². The number of ether oxygens (including phenoxy) is 2. The van der Waals surface area contributed by atoms with Crippen molar-refractivity contribution in [2.75, 3.05) is 13.7 Å². The lowest BCUT2D eigenvalue weighted by Gasteiger charge is -2.12. The van der Waals surface area contributed by atoms with Crippen LogP contribution >= 0.6 is 22.6 Å². The fraction of sp³-hybridized carbons (Fsp3) is 0.250. The van der Waals surface area contributed by atoms with Crippen LogP contribution in [0.5, 0.6) is 11.5 Å². The van der Waals surface area contributed by atoms with Crippen LogP contribution in [0.1, 0.15) is 11.1 Å². The number of benzene rings is 2. The van der Waals surface area contributed by atoms with Gasteiger partial charge in [0.15, 0.2) is 0 Å². The highest BCUT2D eigenvalue weighted by molar-refractivity contribution is 14.1. The minimum atomic E-state index is 0.488. The van der Waals surface area contributed by atoms with Crippen LogP contribution in [0.2, 0.25) is 0 Å². The van der Waals surface area contributed by atoms with E-state index >= 15 is 0 Å². The Hall–Kier alpha value is -1.27. The first-order valence-corrected chi connectivity index (χ1v) is 7.55. The van der Waals surface area contributed by atoms with Crippen molar-refractivity contribution in [2.45, 2.75) is 13.0 Å². The monoisotopic (exact) mass is 383 g/mol. The van der Waals surface area contributed by atoms with Crippen LogP contribution in [0, 0.1) is 3.57 Å². The number of halogens is 1. The molecule has 0 radical (unpaired) electrons. The van der Waals surface area contributed by atoms with E-state index in [-0.39, 0.29) is 0 Å². The minimum absolute atomic E-state index is 0.488. The van der Waals surface area contributed by atoms with E-state index in [9.17, 15) is 0 Å². The Kier molecular flexibility index (Phi) is 5.67. The van der Waals surface area contributed by atoms with E-state index in [0.717, 1.165) is 23.5 Å². The summed E-state index contributed by atoms with van der Waals surface area (Å²) in [7, 11) is 1.67. The first-order chi connectivity index (χ1) is 9.72. The second kappa shape index (κ2) is 7.50. The second-order valence-electron chi connectivity index (χ2n) is 4.43. The molecule has 0 spiro atoms. The molecule has 0 aliphatic rings. The van der Waals surface area contributed by atoms with Crippen LogP contribution in [0.3, 0.4) is 0 Å². The third-order valence-corrected chi connectivity index (χ3v) is 3.70. The van der Waals surface area contributed by atoms with Gasteiger partial charge in [-0.25, -0.2) is 0 Å². The van der Waals surface area contributed by atoms with E-state index in [2.05, 4.69) is 28.7 Å². The molecule has 2 aromatic rings. The number of hydrogen-bond donors (Lipinski definition) is 1. The molecule has 0 heterocycles. The maximum atomic E-state index is 5.81. The molecule has 2 rings (SSSR count). The van der Waals surface area contributed by atoms with Crippen molar-refractivity contribution >= 4 is 22.6 Å². The summed E-state index contributed by atoms with van der Waals surface area (Å²) in [5.74, 6) is 1.70. The van der Waals surface area contributed by atoms with Gasteiger partial charge in [0.2, 0.25) is 0 Å². The van der Waals surface area contributed by atoms with Crippen molar-refractivity contribution < 1.29 is 9.47 Å². The predicted octanol–water partition coefficient (Wildman–Crippen LogP) is 3.38. The third kappa shape index (κ3) is 4.11. The molecule has 0 saturated carbocycles. The molecule has 4 heteroatoms. The first-order valence-electron chi connectivity index (χ1n) is 6.47. The smallest absolute Gasteiger partial charge is 0.125 e. The fourth-order valence-corrected chi connectivity index (χ4v) is 2.32. The molecule has 20 heavy (non-hydrogen) atoms. The Balaban J connectivity index is 2.10. The van der Waals surface area contributed by atoms with Crippen LogP contribution in [0.25, 0.3) is 0 Å². The van der Waals surface area contributed by atoms with E-state index < -0.39 is 0 Å². The summed E-state index contributed by atoms with van der Waals surface area (Å²) in [6.45, 7) is 1.13. The maximum absolute atomic E-state index is 5.81. The Morgan fingerprint density at radius 2 is 1.85 bits per heavy atom. The molecule has 0 aliphatic carbocycles. The second-order valence-corrected chi connectivity index (χ2v) is 5.67. The molecule has 0 atom stereocenters. The zero-order valence-corrected chi connectivity index (χ0v) is 13.6. The van der Waals surface area contributed by atoms with Gasteiger partial charge in [0.1, 0.15) is 18.1 Å². The largest absolute Gasteiger partial charge is 0.496 e. The van der Waals surface area contributed by atoms with Crippen LogP contribution in [-0.4, -0.2) is 13.7 Å². The lowest BCUT2D eigenvalue weighted by Crippen LogP contribution is -2.05. The Morgan fingerprint density at radius 1 is 1.10 bits per heavy atom. The molecule has 0 aromatic heterocycles.